The molecular weight excluding hydrogens is 299 g/mol. The van der Waals surface area contributed by atoms with Gasteiger partial charge in [0.05, 0.1) is 17.7 Å². The van der Waals surface area contributed by atoms with E-state index >= 15 is 0 Å². The summed E-state index contributed by atoms with van der Waals surface area (Å²) >= 11 is 0. The van der Waals surface area contributed by atoms with E-state index in [-0.39, 0.29) is 11.3 Å². The lowest BCUT2D eigenvalue weighted by molar-refractivity contribution is -0.136. The van der Waals surface area contributed by atoms with E-state index in [1.807, 2.05) is 4.72 Å². The molecule has 1 aromatic rings. The number of carboxylic acid groups (broad SMARTS) is 1. The minimum Gasteiger partial charge on any atom is -0.481 e. The van der Waals surface area contributed by atoms with E-state index in [0.29, 0.717) is 5.56 Å². The smallest absolute Gasteiger partial charge is 0.390 e. The van der Waals surface area contributed by atoms with E-state index in [1.54, 1.807) is 0 Å². The fourth-order valence-corrected chi connectivity index (χ4v) is 2.40. The van der Waals surface area contributed by atoms with Gasteiger partial charge in [0.25, 0.3) is 0 Å². The van der Waals surface area contributed by atoms with Gasteiger partial charge in [-0.2, -0.15) is 13.2 Å². The van der Waals surface area contributed by atoms with Crippen molar-refractivity contribution in [1.82, 2.24) is 4.72 Å². The van der Waals surface area contributed by atoms with Crippen LogP contribution in [0.5, 0.6) is 0 Å². The Labute approximate surface area is 113 Å². The molecule has 0 atom stereocenters. The van der Waals surface area contributed by atoms with E-state index in [0.717, 1.165) is 12.1 Å². The first-order valence-electron chi connectivity index (χ1n) is 5.47. The van der Waals surface area contributed by atoms with Crippen LogP contribution in [-0.2, 0) is 21.2 Å². The molecule has 0 spiro atoms. The molecule has 0 unspecified atom stereocenters. The lowest BCUT2D eigenvalue weighted by Gasteiger charge is -2.09. The maximum atomic E-state index is 11.9. The molecule has 0 aromatic heterocycles. The Morgan fingerprint density at radius 1 is 1.20 bits per heavy atom. The Morgan fingerprint density at radius 3 is 2.20 bits per heavy atom. The summed E-state index contributed by atoms with van der Waals surface area (Å²) in [6.07, 6.45) is -5.96. The predicted molar refractivity (Wildman–Crippen MR) is 63.6 cm³/mol. The third kappa shape index (κ3) is 5.57. The number of halogens is 3. The summed E-state index contributed by atoms with van der Waals surface area (Å²) in [5.74, 6) is -1.07. The second-order valence-electron chi connectivity index (χ2n) is 3.98. The summed E-state index contributed by atoms with van der Waals surface area (Å²) in [5.41, 5.74) is 0.395. The molecule has 0 saturated heterocycles. The average molecular weight is 311 g/mol. The monoisotopic (exact) mass is 311 g/mol. The normalized spacial score (nSPS) is 12.3. The largest absolute Gasteiger partial charge is 0.481 e. The van der Waals surface area contributed by atoms with Gasteiger partial charge in [0.15, 0.2) is 0 Å². The van der Waals surface area contributed by atoms with Crippen LogP contribution < -0.4 is 4.72 Å². The van der Waals surface area contributed by atoms with E-state index in [1.165, 1.54) is 12.1 Å². The molecule has 2 N–H and O–H groups in total. The quantitative estimate of drug-likeness (QED) is 0.835. The van der Waals surface area contributed by atoms with Gasteiger partial charge in [0.2, 0.25) is 10.0 Å². The first-order valence-corrected chi connectivity index (χ1v) is 6.96. The van der Waals surface area contributed by atoms with Gasteiger partial charge in [-0.25, -0.2) is 13.1 Å². The summed E-state index contributed by atoms with van der Waals surface area (Å²) in [4.78, 5) is 10.2. The second-order valence-corrected chi connectivity index (χ2v) is 5.74. The number of carboxylic acids is 1. The highest BCUT2D eigenvalue weighted by Crippen LogP contribution is 2.19. The summed E-state index contributed by atoms with van der Waals surface area (Å²) < 4.78 is 60.9. The predicted octanol–water partition coefficient (Wildman–Crippen LogP) is 1.54. The van der Waals surface area contributed by atoms with Gasteiger partial charge in [-0.3, -0.25) is 4.79 Å². The fourth-order valence-electron chi connectivity index (χ4n) is 1.37. The van der Waals surface area contributed by atoms with Crippen LogP contribution >= 0.6 is 0 Å². The summed E-state index contributed by atoms with van der Waals surface area (Å²) in [5, 5.41) is 8.55. The Bertz CT molecular complexity index is 566. The zero-order chi connectivity index (χ0) is 15.4. The minimum atomic E-state index is -4.44. The standard InChI is InChI=1S/C11H12F3NO4S/c12-11(13,14)5-6-15-20(18,19)9-3-1-8(2-4-9)7-10(16)17/h1-4,15H,5-7H2,(H,16,17). The lowest BCUT2D eigenvalue weighted by Crippen LogP contribution is -2.28. The van der Waals surface area contributed by atoms with Crippen molar-refractivity contribution in [2.75, 3.05) is 6.54 Å². The number of hydrogen-bond donors (Lipinski definition) is 2. The molecule has 0 amide bonds. The molecule has 0 heterocycles. The third-order valence-corrected chi connectivity index (χ3v) is 3.77. The molecular formula is C11H12F3NO4S. The molecule has 0 saturated carbocycles. The summed E-state index contributed by atoms with van der Waals surface area (Å²) in [6.45, 7) is -0.747. The van der Waals surface area contributed by atoms with Crippen molar-refractivity contribution in [2.45, 2.75) is 23.9 Å². The molecule has 20 heavy (non-hydrogen) atoms. The number of aliphatic carboxylic acids is 1. The molecule has 112 valence electrons. The number of benzene rings is 1. The van der Waals surface area contributed by atoms with Gasteiger partial charge < -0.3 is 5.11 Å². The Kier molecular flexibility index (Phi) is 5.12. The third-order valence-electron chi connectivity index (χ3n) is 2.29. The van der Waals surface area contributed by atoms with E-state index in [4.69, 9.17) is 5.11 Å². The van der Waals surface area contributed by atoms with Crippen LogP contribution in [0, 0.1) is 0 Å². The fraction of sp³-hybridized carbons (Fsp3) is 0.364. The Hall–Kier alpha value is -1.61. The van der Waals surface area contributed by atoms with Crippen LogP contribution in [0.25, 0.3) is 0 Å². The van der Waals surface area contributed by atoms with Crippen molar-refractivity contribution in [3.05, 3.63) is 29.8 Å². The molecule has 0 aliphatic heterocycles. The SMILES string of the molecule is O=C(O)Cc1ccc(S(=O)(=O)NCCC(F)(F)F)cc1. The van der Waals surface area contributed by atoms with Crippen LogP contribution in [0.4, 0.5) is 13.2 Å². The molecule has 9 heteroatoms. The van der Waals surface area contributed by atoms with Gasteiger partial charge in [-0.1, -0.05) is 12.1 Å². The maximum absolute atomic E-state index is 11.9. The van der Waals surface area contributed by atoms with Crippen LogP contribution in [0.2, 0.25) is 0 Å². The van der Waals surface area contributed by atoms with Gasteiger partial charge in [-0.15, -0.1) is 0 Å². The molecule has 0 bridgehead atoms. The molecule has 1 aromatic carbocycles. The highest BCUT2D eigenvalue weighted by molar-refractivity contribution is 7.89. The first-order chi connectivity index (χ1) is 9.10. The molecule has 0 fully saturated rings. The molecule has 5 nitrogen and oxygen atoms in total. The minimum absolute atomic E-state index is 0.214. The van der Waals surface area contributed by atoms with Gasteiger partial charge in [0.1, 0.15) is 0 Å². The number of carbonyl (C=O) groups is 1. The van der Waals surface area contributed by atoms with Crippen LogP contribution in [0.15, 0.2) is 29.2 Å². The highest BCUT2D eigenvalue weighted by Gasteiger charge is 2.27. The summed E-state index contributed by atoms with van der Waals surface area (Å²) in [6, 6.07) is 4.89. The van der Waals surface area contributed by atoms with Crippen molar-refractivity contribution in [2.24, 2.45) is 0 Å². The van der Waals surface area contributed by atoms with Crippen molar-refractivity contribution in [3.8, 4) is 0 Å². The van der Waals surface area contributed by atoms with Gasteiger partial charge in [0, 0.05) is 6.54 Å². The van der Waals surface area contributed by atoms with E-state index in [2.05, 4.69) is 0 Å². The van der Waals surface area contributed by atoms with Gasteiger partial charge >= 0.3 is 12.1 Å². The van der Waals surface area contributed by atoms with Crippen LogP contribution in [-0.4, -0.2) is 32.2 Å². The van der Waals surface area contributed by atoms with Gasteiger partial charge in [-0.05, 0) is 17.7 Å². The van der Waals surface area contributed by atoms with Crippen molar-refractivity contribution >= 4 is 16.0 Å². The number of sulfonamides is 1. The molecule has 1 rings (SSSR count). The van der Waals surface area contributed by atoms with E-state index < -0.39 is 35.1 Å². The number of nitrogens with one attached hydrogen (secondary N) is 1. The molecule has 0 aliphatic rings. The topological polar surface area (TPSA) is 83.5 Å². The molecule has 0 aliphatic carbocycles. The van der Waals surface area contributed by atoms with Crippen molar-refractivity contribution in [3.63, 3.8) is 0 Å². The first kappa shape index (κ1) is 16.4. The number of hydrogen-bond acceptors (Lipinski definition) is 3. The molecule has 0 radical (unpaired) electrons. The number of alkyl halides is 3. The average Bonchev–Trinajstić information content (AvgIpc) is 2.26. The highest BCUT2D eigenvalue weighted by atomic mass is 32.2. The van der Waals surface area contributed by atoms with E-state index in [9.17, 15) is 26.4 Å². The van der Waals surface area contributed by atoms with Crippen LogP contribution in [0.1, 0.15) is 12.0 Å². The van der Waals surface area contributed by atoms with Crippen molar-refractivity contribution < 1.29 is 31.5 Å². The summed E-state index contributed by atoms with van der Waals surface area (Å²) in [7, 11) is -4.03. The Balaban J connectivity index is 2.70. The van der Waals surface area contributed by atoms with Crippen LogP contribution in [0.3, 0.4) is 0 Å². The zero-order valence-corrected chi connectivity index (χ0v) is 11.0. The maximum Gasteiger partial charge on any atom is 0.390 e. The zero-order valence-electron chi connectivity index (χ0n) is 10.1. The lowest BCUT2D eigenvalue weighted by atomic mass is 10.2. The second kappa shape index (κ2) is 6.23. The van der Waals surface area contributed by atoms with Crippen molar-refractivity contribution in [1.29, 1.82) is 0 Å². The number of rotatable bonds is 6. The Morgan fingerprint density at radius 2 is 1.75 bits per heavy atom.